The fourth-order valence-corrected chi connectivity index (χ4v) is 1.83. The van der Waals surface area contributed by atoms with E-state index in [0.717, 1.165) is 11.1 Å². The summed E-state index contributed by atoms with van der Waals surface area (Å²) in [6, 6.07) is 3.88. The number of hydrogen-bond acceptors (Lipinski definition) is 5. The lowest BCUT2D eigenvalue weighted by atomic mass is 10.2. The first-order valence-corrected chi connectivity index (χ1v) is 6.19. The van der Waals surface area contributed by atoms with Crippen LogP contribution in [-0.2, 0) is 11.3 Å². The maximum Gasteiger partial charge on any atom is 0.342 e. The Balaban J connectivity index is 2.26. The number of aryl methyl sites for hydroxylation is 1. The highest BCUT2D eigenvalue weighted by molar-refractivity contribution is 5.91. The second-order valence-corrected chi connectivity index (χ2v) is 4.29. The van der Waals surface area contributed by atoms with Crippen molar-refractivity contribution in [2.24, 2.45) is 0 Å². The van der Waals surface area contributed by atoms with E-state index in [1.807, 2.05) is 19.1 Å². The highest BCUT2D eigenvalue weighted by Crippen LogP contribution is 2.10. The van der Waals surface area contributed by atoms with E-state index >= 15 is 0 Å². The van der Waals surface area contributed by atoms with E-state index in [-0.39, 0.29) is 17.9 Å². The van der Waals surface area contributed by atoms with Gasteiger partial charge in [0.25, 0.3) is 0 Å². The Labute approximate surface area is 116 Å². The highest BCUT2D eigenvalue weighted by Gasteiger charge is 2.17. The van der Waals surface area contributed by atoms with E-state index in [1.54, 1.807) is 24.0 Å². The molecule has 2 heterocycles. The predicted octanol–water partition coefficient (Wildman–Crippen LogP) is 1.68. The Morgan fingerprint density at radius 1 is 1.50 bits per heavy atom. The van der Waals surface area contributed by atoms with Gasteiger partial charge in [0, 0.05) is 18.6 Å². The summed E-state index contributed by atoms with van der Waals surface area (Å²) in [4.78, 5) is 15.8. The molecule has 0 aliphatic carbocycles. The summed E-state index contributed by atoms with van der Waals surface area (Å²) in [5.74, 6) is -0.530. The topological polar surface area (TPSA) is 80.8 Å². The van der Waals surface area contributed by atoms with Crippen LogP contribution in [0.3, 0.4) is 0 Å². The monoisotopic (exact) mass is 270 g/mol. The number of carbonyl (C=O) groups excluding carboxylic acids is 1. The van der Waals surface area contributed by atoms with Crippen molar-refractivity contribution in [2.75, 3.05) is 6.61 Å². The second-order valence-electron chi connectivity index (χ2n) is 4.29. The average molecular weight is 270 g/mol. The third-order valence-corrected chi connectivity index (χ3v) is 2.64. The molecule has 0 fully saturated rings. The molecule has 6 heteroatoms. The summed E-state index contributed by atoms with van der Waals surface area (Å²) in [6.07, 6.45) is 5.01. The van der Waals surface area contributed by atoms with Crippen LogP contribution < -0.4 is 0 Å². The fraction of sp³-hybridized carbons (Fsp3) is 0.286. The zero-order valence-electron chi connectivity index (χ0n) is 11.3. The normalized spacial score (nSPS) is 10.1. The van der Waals surface area contributed by atoms with Gasteiger partial charge in [-0.3, -0.25) is 9.67 Å². The number of esters is 1. The molecule has 0 unspecified atom stereocenters. The number of nitrogens with zero attached hydrogens (tertiary/aromatic N) is 4. The maximum atomic E-state index is 11.7. The SMILES string of the molecule is CCOC(=O)c1cn(Cc2cncc(C)c2)nc1C#N. The third-order valence-electron chi connectivity index (χ3n) is 2.64. The maximum absolute atomic E-state index is 11.7. The van der Waals surface area contributed by atoms with Crippen LogP contribution in [0.4, 0.5) is 0 Å². The molecule has 0 saturated heterocycles. The zero-order chi connectivity index (χ0) is 14.5. The molecule has 0 bridgehead atoms. The largest absolute Gasteiger partial charge is 0.462 e. The smallest absolute Gasteiger partial charge is 0.342 e. The van der Waals surface area contributed by atoms with Crippen molar-refractivity contribution in [1.82, 2.24) is 14.8 Å². The van der Waals surface area contributed by atoms with Crippen LogP contribution in [0.15, 0.2) is 24.7 Å². The van der Waals surface area contributed by atoms with Gasteiger partial charge in [0.15, 0.2) is 5.69 Å². The molecule has 0 amide bonds. The first-order valence-electron chi connectivity index (χ1n) is 6.19. The van der Waals surface area contributed by atoms with Gasteiger partial charge in [-0.25, -0.2) is 4.79 Å². The Morgan fingerprint density at radius 2 is 2.30 bits per heavy atom. The average Bonchev–Trinajstić information content (AvgIpc) is 2.82. The van der Waals surface area contributed by atoms with Gasteiger partial charge in [0.05, 0.1) is 13.2 Å². The van der Waals surface area contributed by atoms with Gasteiger partial charge < -0.3 is 4.74 Å². The van der Waals surface area contributed by atoms with Gasteiger partial charge in [-0.15, -0.1) is 0 Å². The lowest BCUT2D eigenvalue weighted by Gasteiger charge is -2.02. The molecule has 0 saturated carbocycles. The van der Waals surface area contributed by atoms with Crippen molar-refractivity contribution in [3.63, 3.8) is 0 Å². The van der Waals surface area contributed by atoms with Crippen LogP contribution in [0, 0.1) is 18.3 Å². The Bertz CT molecular complexity index is 670. The van der Waals surface area contributed by atoms with Crippen LogP contribution in [0.1, 0.15) is 34.1 Å². The lowest BCUT2D eigenvalue weighted by Crippen LogP contribution is -2.05. The number of aromatic nitrogens is 3. The van der Waals surface area contributed by atoms with Gasteiger partial charge in [0.1, 0.15) is 11.6 Å². The Kier molecular flexibility index (Phi) is 4.11. The van der Waals surface area contributed by atoms with Crippen molar-refractivity contribution in [3.05, 3.63) is 47.0 Å². The summed E-state index contributed by atoms with van der Waals surface area (Å²) in [6.45, 7) is 4.37. The molecule has 2 aromatic heterocycles. The molecule has 2 rings (SSSR count). The second kappa shape index (κ2) is 5.97. The van der Waals surface area contributed by atoms with Crippen molar-refractivity contribution in [1.29, 1.82) is 5.26 Å². The first-order chi connectivity index (χ1) is 9.63. The third kappa shape index (κ3) is 3.01. The molecule has 0 radical (unpaired) electrons. The molecule has 0 N–H and O–H groups in total. The van der Waals surface area contributed by atoms with Gasteiger partial charge in [0.2, 0.25) is 0 Å². The first kappa shape index (κ1) is 13.7. The summed E-state index contributed by atoms with van der Waals surface area (Å²) < 4.78 is 6.44. The van der Waals surface area contributed by atoms with Gasteiger partial charge >= 0.3 is 5.97 Å². The van der Waals surface area contributed by atoms with Gasteiger partial charge in [-0.2, -0.15) is 10.4 Å². The number of rotatable bonds is 4. The highest BCUT2D eigenvalue weighted by atomic mass is 16.5. The Hall–Kier alpha value is -2.68. The molecule has 2 aromatic rings. The van der Waals surface area contributed by atoms with E-state index in [4.69, 9.17) is 10.00 Å². The molecular weight excluding hydrogens is 256 g/mol. The van der Waals surface area contributed by atoms with Crippen molar-refractivity contribution in [2.45, 2.75) is 20.4 Å². The van der Waals surface area contributed by atoms with E-state index in [2.05, 4.69) is 10.1 Å². The summed E-state index contributed by atoms with van der Waals surface area (Å²) in [5, 5.41) is 13.1. The number of hydrogen-bond donors (Lipinski definition) is 0. The predicted molar refractivity (Wildman–Crippen MR) is 71.0 cm³/mol. The lowest BCUT2D eigenvalue weighted by molar-refractivity contribution is 0.0526. The molecular formula is C14H14N4O2. The van der Waals surface area contributed by atoms with Crippen molar-refractivity contribution < 1.29 is 9.53 Å². The number of ether oxygens (including phenoxy) is 1. The minimum Gasteiger partial charge on any atom is -0.462 e. The molecule has 0 atom stereocenters. The molecule has 6 nitrogen and oxygen atoms in total. The van der Waals surface area contributed by atoms with E-state index in [0.29, 0.717) is 6.54 Å². The van der Waals surface area contributed by atoms with Crippen LogP contribution in [0.2, 0.25) is 0 Å². The summed E-state index contributed by atoms with van der Waals surface area (Å²) in [5.41, 5.74) is 2.26. The number of carbonyl (C=O) groups is 1. The number of nitriles is 1. The summed E-state index contributed by atoms with van der Waals surface area (Å²) >= 11 is 0. The standard InChI is InChI=1S/C14H14N4O2/c1-3-20-14(19)12-9-18(17-13(12)5-15)8-11-4-10(2)6-16-7-11/h4,6-7,9H,3,8H2,1-2H3. The van der Waals surface area contributed by atoms with Gasteiger partial charge in [-0.05, 0) is 25.0 Å². The zero-order valence-corrected chi connectivity index (χ0v) is 11.3. The van der Waals surface area contributed by atoms with E-state index in [1.165, 1.54) is 6.20 Å². The molecule has 102 valence electrons. The van der Waals surface area contributed by atoms with E-state index < -0.39 is 5.97 Å². The van der Waals surface area contributed by atoms with Gasteiger partial charge in [-0.1, -0.05) is 6.07 Å². The van der Waals surface area contributed by atoms with Crippen molar-refractivity contribution >= 4 is 5.97 Å². The minimum atomic E-state index is -0.530. The molecule has 0 aliphatic rings. The molecule has 0 spiro atoms. The van der Waals surface area contributed by atoms with E-state index in [9.17, 15) is 4.79 Å². The minimum absolute atomic E-state index is 0.0732. The fourth-order valence-electron chi connectivity index (χ4n) is 1.83. The quantitative estimate of drug-likeness (QED) is 0.789. The van der Waals surface area contributed by atoms with Crippen LogP contribution >= 0.6 is 0 Å². The molecule has 0 aliphatic heterocycles. The Morgan fingerprint density at radius 3 is 2.95 bits per heavy atom. The van der Waals surface area contributed by atoms with Crippen LogP contribution in [-0.4, -0.2) is 27.3 Å². The number of pyridine rings is 1. The molecule has 20 heavy (non-hydrogen) atoms. The summed E-state index contributed by atoms with van der Waals surface area (Å²) in [7, 11) is 0. The van der Waals surface area contributed by atoms with Crippen molar-refractivity contribution in [3.8, 4) is 6.07 Å². The molecule has 0 aromatic carbocycles. The van der Waals surface area contributed by atoms with Crippen LogP contribution in [0.5, 0.6) is 0 Å². The van der Waals surface area contributed by atoms with Crippen LogP contribution in [0.25, 0.3) is 0 Å².